The van der Waals surface area contributed by atoms with Gasteiger partial charge in [0.1, 0.15) is 17.3 Å². The van der Waals surface area contributed by atoms with Crippen LogP contribution in [-0.2, 0) is 4.79 Å². The topological polar surface area (TPSA) is 35.5 Å². The molecule has 0 radical (unpaired) electrons. The highest BCUT2D eigenvalue weighted by molar-refractivity contribution is 6.32. The maximum absolute atomic E-state index is 12.3. The standard InChI is InChI=1S/C17H25ClO3/c1-6-14(19)17(11(4)5)12-9-13(18)16(21-8-3)10-15(12)20-7-2/h9-11,17H,6-8H2,1-5H3. The number of hydrogen-bond acceptors (Lipinski definition) is 3. The van der Waals surface area contributed by atoms with Gasteiger partial charge in [0.25, 0.3) is 0 Å². The lowest BCUT2D eigenvalue weighted by Crippen LogP contribution is -2.18. The second kappa shape index (κ2) is 8.28. The van der Waals surface area contributed by atoms with Crippen LogP contribution in [0.1, 0.15) is 52.5 Å². The number of rotatable bonds is 8. The number of ether oxygens (including phenoxy) is 2. The van der Waals surface area contributed by atoms with E-state index in [4.69, 9.17) is 21.1 Å². The summed E-state index contributed by atoms with van der Waals surface area (Å²) in [4.78, 5) is 12.3. The molecule has 118 valence electrons. The van der Waals surface area contributed by atoms with Crippen molar-refractivity contribution in [3.63, 3.8) is 0 Å². The van der Waals surface area contributed by atoms with E-state index in [1.807, 2.05) is 40.7 Å². The predicted molar refractivity (Wildman–Crippen MR) is 86.7 cm³/mol. The lowest BCUT2D eigenvalue weighted by Gasteiger charge is -2.23. The maximum atomic E-state index is 12.3. The van der Waals surface area contributed by atoms with Crippen molar-refractivity contribution >= 4 is 17.4 Å². The van der Waals surface area contributed by atoms with Crippen molar-refractivity contribution in [3.05, 3.63) is 22.7 Å². The Labute approximate surface area is 132 Å². The zero-order valence-corrected chi connectivity index (χ0v) is 14.3. The summed E-state index contributed by atoms with van der Waals surface area (Å²) in [6.45, 7) is 10.9. The van der Waals surface area contributed by atoms with Gasteiger partial charge < -0.3 is 9.47 Å². The summed E-state index contributed by atoms with van der Waals surface area (Å²) in [5.41, 5.74) is 0.854. The highest BCUT2D eigenvalue weighted by atomic mass is 35.5. The van der Waals surface area contributed by atoms with Gasteiger partial charge in [-0.3, -0.25) is 4.79 Å². The van der Waals surface area contributed by atoms with Crippen LogP contribution in [0.3, 0.4) is 0 Å². The molecule has 0 fully saturated rings. The van der Waals surface area contributed by atoms with Crippen LogP contribution in [-0.4, -0.2) is 19.0 Å². The summed E-state index contributed by atoms with van der Waals surface area (Å²) in [6, 6.07) is 3.61. The number of benzene rings is 1. The molecule has 1 aromatic rings. The second-order valence-electron chi connectivity index (χ2n) is 5.23. The van der Waals surface area contributed by atoms with Crippen LogP contribution in [0.4, 0.5) is 0 Å². The van der Waals surface area contributed by atoms with Gasteiger partial charge in [-0.25, -0.2) is 0 Å². The molecule has 0 spiro atoms. The highest BCUT2D eigenvalue weighted by Gasteiger charge is 2.27. The Balaban J connectivity index is 3.36. The average Bonchev–Trinajstić information content (AvgIpc) is 2.43. The minimum atomic E-state index is -0.204. The maximum Gasteiger partial charge on any atom is 0.141 e. The lowest BCUT2D eigenvalue weighted by molar-refractivity contribution is -0.121. The van der Waals surface area contributed by atoms with Crippen LogP contribution in [0.25, 0.3) is 0 Å². The van der Waals surface area contributed by atoms with Gasteiger partial charge >= 0.3 is 0 Å². The van der Waals surface area contributed by atoms with Crippen LogP contribution >= 0.6 is 11.6 Å². The molecular weight excluding hydrogens is 288 g/mol. The molecule has 3 nitrogen and oxygen atoms in total. The minimum Gasteiger partial charge on any atom is -0.493 e. The van der Waals surface area contributed by atoms with Crippen LogP contribution in [0.2, 0.25) is 5.02 Å². The van der Waals surface area contributed by atoms with Crippen LogP contribution in [0.15, 0.2) is 12.1 Å². The molecular formula is C17H25ClO3. The first-order valence-corrected chi connectivity index (χ1v) is 7.95. The third-order valence-electron chi connectivity index (χ3n) is 3.36. The van der Waals surface area contributed by atoms with Crippen LogP contribution in [0, 0.1) is 5.92 Å². The molecule has 0 aliphatic carbocycles. The normalized spacial score (nSPS) is 12.3. The molecule has 0 amide bonds. The average molecular weight is 313 g/mol. The van der Waals surface area contributed by atoms with Crippen molar-refractivity contribution in [2.45, 2.75) is 47.0 Å². The summed E-state index contributed by atoms with van der Waals surface area (Å²) < 4.78 is 11.2. The van der Waals surface area contributed by atoms with E-state index in [1.54, 1.807) is 6.07 Å². The molecule has 0 saturated heterocycles. The first-order valence-electron chi connectivity index (χ1n) is 7.57. The summed E-state index contributed by atoms with van der Waals surface area (Å²) in [5.74, 6) is 1.46. The number of carbonyl (C=O) groups is 1. The molecule has 0 aliphatic heterocycles. The molecule has 0 saturated carbocycles. The van der Waals surface area contributed by atoms with Crippen molar-refractivity contribution in [1.29, 1.82) is 0 Å². The van der Waals surface area contributed by atoms with E-state index >= 15 is 0 Å². The van der Waals surface area contributed by atoms with E-state index < -0.39 is 0 Å². The van der Waals surface area contributed by atoms with Crippen molar-refractivity contribution < 1.29 is 14.3 Å². The predicted octanol–water partition coefficient (Wildman–Crippen LogP) is 4.86. The van der Waals surface area contributed by atoms with Crippen LogP contribution < -0.4 is 9.47 Å². The number of ketones is 1. The van der Waals surface area contributed by atoms with E-state index in [2.05, 4.69) is 0 Å². The number of carbonyl (C=O) groups excluding carboxylic acids is 1. The third-order valence-corrected chi connectivity index (χ3v) is 3.66. The fraction of sp³-hybridized carbons (Fsp3) is 0.588. The summed E-state index contributed by atoms with van der Waals surface area (Å²) in [6.07, 6.45) is 0.499. The second-order valence-corrected chi connectivity index (χ2v) is 5.64. The molecule has 0 heterocycles. The molecule has 1 atom stereocenters. The van der Waals surface area contributed by atoms with Crippen molar-refractivity contribution in [3.8, 4) is 11.5 Å². The Morgan fingerprint density at radius 3 is 2.14 bits per heavy atom. The Bertz CT molecular complexity index is 483. The Morgan fingerprint density at radius 1 is 1.10 bits per heavy atom. The first kappa shape index (κ1) is 17.8. The molecule has 0 aromatic heterocycles. The number of Topliss-reactive ketones (excluding diaryl/α,β-unsaturated/α-hetero) is 1. The quantitative estimate of drug-likeness (QED) is 0.688. The number of halogens is 1. The minimum absolute atomic E-state index is 0.186. The van der Waals surface area contributed by atoms with Gasteiger partial charge in [-0.05, 0) is 25.8 Å². The Hall–Kier alpha value is -1.22. The molecule has 21 heavy (non-hydrogen) atoms. The Morgan fingerprint density at radius 2 is 1.67 bits per heavy atom. The molecule has 0 N–H and O–H groups in total. The van der Waals surface area contributed by atoms with Gasteiger partial charge in [0.05, 0.1) is 18.2 Å². The Kier molecular flexibility index (Phi) is 7.03. The SMILES string of the molecule is CCOc1cc(OCC)c(C(C(=O)CC)C(C)C)cc1Cl. The molecule has 1 aromatic carbocycles. The molecule has 0 bridgehead atoms. The van der Waals surface area contributed by atoms with Gasteiger partial charge in [0, 0.05) is 24.0 Å². The smallest absolute Gasteiger partial charge is 0.141 e. The van der Waals surface area contributed by atoms with Crippen molar-refractivity contribution in [2.24, 2.45) is 5.92 Å². The molecule has 4 heteroatoms. The van der Waals surface area contributed by atoms with E-state index in [9.17, 15) is 4.79 Å². The van der Waals surface area contributed by atoms with Crippen LogP contribution in [0.5, 0.6) is 11.5 Å². The number of hydrogen-bond donors (Lipinski definition) is 0. The van der Waals surface area contributed by atoms with E-state index in [0.717, 1.165) is 5.56 Å². The zero-order chi connectivity index (χ0) is 16.0. The van der Waals surface area contributed by atoms with Crippen molar-refractivity contribution in [2.75, 3.05) is 13.2 Å². The summed E-state index contributed by atoms with van der Waals surface area (Å²) in [7, 11) is 0. The van der Waals surface area contributed by atoms with E-state index in [0.29, 0.717) is 36.2 Å². The zero-order valence-electron chi connectivity index (χ0n) is 13.5. The van der Waals surface area contributed by atoms with E-state index in [1.165, 1.54) is 0 Å². The van der Waals surface area contributed by atoms with E-state index in [-0.39, 0.29) is 17.6 Å². The summed E-state index contributed by atoms with van der Waals surface area (Å²) in [5, 5.41) is 0.518. The molecule has 1 unspecified atom stereocenters. The first-order chi connectivity index (χ1) is 9.96. The van der Waals surface area contributed by atoms with Gasteiger partial charge in [-0.15, -0.1) is 0 Å². The largest absolute Gasteiger partial charge is 0.493 e. The molecule has 0 aliphatic rings. The lowest BCUT2D eigenvalue weighted by atomic mass is 9.83. The fourth-order valence-electron chi connectivity index (χ4n) is 2.46. The van der Waals surface area contributed by atoms with Gasteiger partial charge in [0.2, 0.25) is 0 Å². The summed E-state index contributed by atoms with van der Waals surface area (Å²) >= 11 is 6.29. The van der Waals surface area contributed by atoms with Crippen molar-refractivity contribution in [1.82, 2.24) is 0 Å². The monoisotopic (exact) mass is 312 g/mol. The fourth-order valence-corrected chi connectivity index (χ4v) is 2.69. The molecule has 1 rings (SSSR count). The van der Waals surface area contributed by atoms with Gasteiger partial charge in [0.15, 0.2) is 0 Å². The highest BCUT2D eigenvalue weighted by Crippen LogP contribution is 2.40. The van der Waals surface area contributed by atoms with Gasteiger partial charge in [-0.2, -0.15) is 0 Å². The third kappa shape index (κ3) is 4.37. The van der Waals surface area contributed by atoms with Gasteiger partial charge in [-0.1, -0.05) is 32.4 Å².